The summed E-state index contributed by atoms with van der Waals surface area (Å²) in [5.74, 6) is -0.504. The molecule has 0 radical (unpaired) electrons. The lowest BCUT2D eigenvalue weighted by Gasteiger charge is -2.33. The number of para-hydroxylation sites is 2. The third-order valence-corrected chi connectivity index (χ3v) is 3.97. The molecule has 1 N–H and O–H groups in total. The zero-order valence-electron chi connectivity index (χ0n) is 14.7. The highest BCUT2D eigenvalue weighted by Crippen LogP contribution is 2.22. The topological polar surface area (TPSA) is 84.7 Å². The Hall–Kier alpha value is -2.57. The molecule has 1 aromatic carbocycles. The lowest BCUT2D eigenvalue weighted by molar-refractivity contribution is -0.121. The summed E-state index contributed by atoms with van der Waals surface area (Å²) in [5, 5.41) is 2.71. The molecule has 2 heterocycles. The molecular formula is C18H23N3O4. The van der Waals surface area contributed by atoms with Crippen molar-refractivity contribution in [2.45, 2.75) is 39.2 Å². The smallest absolute Gasteiger partial charge is 0.410 e. The number of anilines is 1. The van der Waals surface area contributed by atoms with Crippen molar-refractivity contribution in [1.29, 1.82) is 0 Å². The SMILES string of the molecule is CC(C)(C)OC(=O)N1CCC[C@H](C(=O)Nc2nc3ccccc3o2)C1. The zero-order chi connectivity index (χ0) is 18.0. The molecule has 0 aliphatic carbocycles. The second kappa shape index (κ2) is 6.74. The van der Waals surface area contributed by atoms with Gasteiger partial charge in [0.05, 0.1) is 5.92 Å². The van der Waals surface area contributed by atoms with Gasteiger partial charge in [-0.25, -0.2) is 4.79 Å². The first kappa shape index (κ1) is 17.3. The minimum absolute atomic E-state index is 0.181. The van der Waals surface area contributed by atoms with Gasteiger partial charge in [0, 0.05) is 13.1 Å². The molecule has 0 spiro atoms. The van der Waals surface area contributed by atoms with Gasteiger partial charge in [0.15, 0.2) is 5.58 Å². The van der Waals surface area contributed by atoms with Crippen LogP contribution < -0.4 is 5.32 Å². The number of nitrogens with zero attached hydrogens (tertiary/aromatic N) is 2. The van der Waals surface area contributed by atoms with Gasteiger partial charge < -0.3 is 14.1 Å². The van der Waals surface area contributed by atoms with E-state index in [1.807, 2.05) is 39.0 Å². The van der Waals surface area contributed by atoms with Crippen LogP contribution in [0.5, 0.6) is 0 Å². The van der Waals surface area contributed by atoms with Crippen LogP contribution in [0.15, 0.2) is 28.7 Å². The van der Waals surface area contributed by atoms with Gasteiger partial charge in [0.25, 0.3) is 0 Å². The third-order valence-electron chi connectivity index (χ3n) is 3.97. The number of amides is 2. The van der Waals surface area contributed by atoms with Crippen LogP contribution in [0.4, 0.5) is 10.8 Å². The molecular weight excluding hydrogens is 322 g/mol. The van der Waals surface area contributed by atoms with Crippen molar-refractivity contribution in [2.24, 2.45) is 5.92 Å². The molecule has 0 unspecified atom stereocenters. The Morgan fingerprint density at radius 1 is 1.32 bits per heavy atom. The first-order chi connectivity index (χ1) is 11.8. The molecule has 7 nitrogen and oxygen atoms in total. The van der Waals surface area contributed by atoms with Crippen molar-refractivity contribution in [1.82, 2.24) is 9.88 Å². The van der Waals surface area contributed by atoms with Crippen molar-refractivity contribution >= 4 is 29.1 Å². The second-order valence-electron chi connectivity index (χ2n) is 7.24. The normalized spacial score (nSPS) is 18.2. The molecule has 1 aliphatic heterocycles. The number of fused-ring (bicyclic) bond motifs is 1. The summed E-state index contributed by atoms with van der Waals surface area (Å²) in [6, 6.07) is 7.50. The maximum Gasteiger partial charge on any atom is 0.410 e. The predicted octanol–water partition coefficient (Wildman–Crippen LogP) is 3.41. The first-order valence-electron chi connectivity index (χ1n) is 8.46. The molecule has 25 heavy (non-hydrogen) atoms. The number of nitrogens with one attached hydrogen (secondary N) is 1. The highest BCUT2D eigenvalue weighted by Gasteiger charge is 2.31. The van der Waals surface area contributed by atoms with Gasteiger partial charge in [-0.2, -0.15) is 4.98 Å². The van der Waals surface area contributed by atoms with E-state index in [9.17, 15) is 9.59 Å². The van der Waals surface area contributed by atoms with Gasteiger partial charge in [-0.3, -0.25) is 10.1 Å². The van der Waals surface area contributed by atoms with Crippen LogP contribution in [0.25, 0.3) is 11.1 Å². The first-order valence-corrected chi connectivity index (χ1v) is 8.46. The monoisotopic (exact) mass is 345 g/mol. The van der Waals surface area contributed by atoms with E-state index in [1.165, 1.54) is 0 Å². The fraction of sp³-hybridized carbons (Fsp3) is 0.500. The van der Waals surface area contributed by atoms with E-state index < -0.39 is 5.60 Å². The number of carbonyl (C=O) groups is 2. The summed E-state index contributed by atoms with van der Waals surface area (Å²) < 4.78 is 10.9. The summed E-state index contributed by atoms with van der Waals surface area (Å²) >= 11 is 0. The number of aromatic nitrogens is 1. The summed E-state index contributed by atoms with van der Waals surface area (Å²) in [4.78, 5) is 30.5. The van der Waals surface area contributed by atoms with Crippen LogP contribution in [0.3, 0.4) is 0 Å². The largest absolute Gasteiger partial charge is 0.444 e. The number of hydrogen-bond acceptors (Lipinski definition) is 5. The van der Waals surface area contributed by atoms with Crippen molar-refractivity contribution < 1.29 is 18.7 Å². The molecule has 3 rings (SSSR count). The maximum atomic E-state index is 12.5. The summed E-state index contributed by atoms with van der Waals surface area (Å²) in [6.07, 6.45) is 1.09. The van der Waals surface area contributed by atoms with E-state index in [0.717, 1.165) is 6.42 Å². The lowest BCUT2D eigenvalue weighted by atomic mass is 9.97. The highest BCUT2D eigenvalue weighted by atomic mass is 16.6. The van der Waals surface area contributed by atoms with Crippen LogP contribution in [0.1, 0.15) is 33.6 Å². The highest BCUT2D eigenvalue weighted by molar-refractivity contribution is 5.92. The number of benzene rings is 1. The Bertz CT molecular complexity index is 745. The van der Waals surface area contributed by atoms with Crippen LogP contribution in [-0.2, 0) is 9.53 Å². The minimum Gasteiger partial charge on any atom is -0.444 e. The van der Waals surface area contributed by atoms with Crippen molar-refractivity contribution in [3.8, 4) is 0 Å². The summed E-state index contributed by atoms with van der Waals surface area (Å²) in [7, 11) is 0. The number of rotatable bonds is 2. The zero-order valence-corrected chi connectivity index (χ0v) is 14.7. The predicted molar refractivity (Wildman–Crippen MR) is 93.2 cm³/mol. The number of carbonyl (C=O) groups excluding carboxylic acids is 2. The van der Waals surface area contributed by atoms with Crippen molar-refractivity contribution in [3.05, 3.63) is 24.3 Å². The molecule has 2 amide bonds. The average molecular weight is 345 g/mol. The van der Waals surface area contributed by atoms with Gasteiger partial charge in [0.2, 0.25) is 5.91 Å². The summed E-state index contributed by atoms with van der Waals surface area (Å²) in [5.41, 5.74) is 0.762. The molecule has 134 valence electrons. The number of likely N-dealkylation sites (tertiary alicyclic amines) is 1. The molecule has 1 atom stereocenters. The van der Waals surface area contributed by atoms with Gasteiger partial charge in [-0.1, -0.05) is 12.1 Å². The maximum absolute atomic E-state index is 12.5. The Labute approximate surface area is 146 Å². The van der Waals surface area contributed by atoms with Crippen LogP contribution in [-0.4, -0.2) is 40.6 Å². The second-order valence-corrected chi connectivity index (χ2v) is 7.24. The van der Waals surface area contributed by atoms with Gasteiger partial charge in [0.1, 0.15) is 11.1 Å². The van der Waals surface area contributed by atoms with E-state index >= 15 is 0 Å². The molecule has 0 bridgehead atoms. The van der Waals surface area contributed by atoms with Crippen molar-refractivity contribution in [3.63, 3.8) is 0 Å². The Morgan fingerprint density at radius 2 is 2.08 bits per heavy atom. The number of hydrogen-bond donors (Lipinski definition) is 1. The Balaban J connectivity index is 1.62. The third kappa shape index (κ3) is 4.29. The van der Waals surface area contributed by atoms with Gasteiger partial charge in [-0.15, -0.1) is 0 Å². The quantitative estimate of drug-likeness (QED) is 0.901. The van der Waals surface area contributed by atoms with E-state index in [2.05, 4.69) is 10.3 Å². The standard InChI is InChI=1S/C18H23N3O4/c1-18(2,3)25-17(23)21-10-6-7-12(11-21)15(22)20-16-19-13-8-4-5-9-14(13)24-16/h4-5,8-9,12H,6-7,10-11H2,1-3H3,(H,19,20,22)/t12-/m0/s1. The molecule has 2 aromatic rings. The lowest BCUT2D eigenvalue weighted by Crippen LogP contribution is -2.45. The van der Waals surface area contributed by atoms with E-state index in [1.54, 1.807) is 11.0 Å². The fourth-order valence-corrected chi connectivity index (χ4v) is 2.82. The van der Waals surface area contributed by atoms with E-state index in [-0.39, 0.29) is 23.9 Å². The summed E-state index contributed by atoms with van der Waals surface area (Å²) in [6.45, 7) is 6.41. The molecule has 1 aliphatic rings. The van der Waals surface area contributed by atoms with Crippen molar-refractivity contribution in [2.75, 3.05) is 18.4 Å². The Kier molecular flexibility index (Phi) is 4.65. The van der Waals surface area contributed by atoms with E-state index in [4.69, 9.17) is 9.15 Å². The van der Waals surface area contributed by atoms with E-state index in [0.29, 0.717) is 30.6 Å². The number of piperidine rings is 1. The minimum atomic E-state index is -0.551. The average Bonchev–Trinajstić information content (AvgIpc) is 2.95. The number of oxazole rings is 1. The van der Waals surface area contributed by atoms with Gasteiger partial charge >= 0.3 is 12.1 Å². The van der Waals surface area contributed by atoms with Crippen LogP contribution >= 0.6 is 0 Å². The number of ether oxygens (including phenoxy) is 1. The molecule has 0 saturated carbocycles. The van der Waals surface area contributed by atoms with Crippen LogP contribution in [0, 0.1) is 5.92 Å². The van der Waals surface area contributed by atoms with Crippen LogP contribution in [0.2, 0.25) is 0 Å². The molecule has 1 aromatic heterocycles. The Morgan fingerprint density at radius 3 is 2.80 bits per heavy atom. The van der Waals surface area contributed by atoms with Gasteiger partial charge in [-0.05, 0) is 45.7 Å². The fourth-order valence-electron chi connectivity index (χ4n) is 2.82. The molecule has 1 fully saturated rings. The molecule has 1 saturated heterocycles. The molecule has 7 heteroatoms.